The van der Waals surface area contributed by atoms with Gasteiger partial charge in [0.05, 0.1) is 18.4 Å². The number of hydrogen-bond acceptors (Lipinski definition) is 4. The van der Waals surface area contributed by atoms with Crippen molar-refractivity contribution in [1.82, 2.24) is 10.3 Å². The Kier molecular flexibility index (Phi) is 7.38. The maximum absolute atomic E-state index is 13.0. The summed E-state index contributed by atoms with van der Waals surface area (Å²) in [7, 11) is 1.66. The van der Waals surface area contributed by atoms with Gasteiger partial charge in [-0.3, -0.25) is 9.59 Å². The average molecular weight is 507 g/mol. The molecule has 0 bridgehead atoms. The molecule has 184 valence electrons. The largest absolute Gasteiger partial charge is 0.497 e. The number of ketones is 1. The van der Waals surface area contributed by atoms with Crippen molar-refractivity contribution in [3.05, 3.63) is 120 Å². The number of aromatic nitrogens is 1. The van der Waals surface area contributed by atoms with E-state index in [1.54, 1.807) is 55.3 Å². The summed E-state index contributed by atoms with van der Waals surface area (Å²) in [5.74, 6) is 1.06. The number of nitrogens with one attached hydrogen (secondary N) is 2. The van der Waals surface area contributed by atoms with Gasteiger partial charge in [-0.25, -0.2) is 0 Å². The number of H-pyrrole nitrogens is 1. The lowest BCUT2D eigenvalue weighted by atomic mass is 9.98. The first kappa shape index (κ1) is 24.4. The van der Waals surface area contributed by atoms with Crippen molar-refractivity contribution in [3.8, 4) is 17.0 Å². The zero-order valence-electron chi connectivity index (χ0n) is 20.4. The van der Waals surface area contributed by atoms with Crippen LogP contribution in [0.4, 0.5) is 0 Å². The molecule has 0 unspecified atom stereocenters. The fraction of sp³-hybridized carbons (Fsp3) is 0.0968. The van der Waals surface area contributed by atoms with E-state index in [0.29, 0.717) is 29.0 Å². The van der Waals surface area contributed by atoms with Crippen molar-refractivity contribution in [3.63, 3.8) is 0 Å². The van der Waals surface area contributed by atoms with Gasteiger partial charge in [0, 0.05) is 39.2 Å². The zero-order chi connectivity index (χ0) is 25.6. The lowest BCUT2D eigenvalue weighted by molar-refractivity contribution is 0.0944. The molecule has 4 aromatic carbocycles. The second-order valence-corrected chi connectivity index (χ2v) is 9.55. The third-order valence-corrected chi connectivity index (χ3v) is 7.24. The van der Waals surface area contributed by atoms with Gasteiger partial charge in [-0.15, -0.1) is 11.8 Å². The van der Waals surface area contributed by atoms with Crippen LogP contribution < -0.4 is 10.1 Å². The highest BCUT2D eigenvalue weighted by Crippen LogP contribution is 2.38. The second kappa shape index (κ2) is 11.2. The molecule has 0 atom stereocenters. The average Bonchev–Trinajstić information content (AvgIpc) is 3.33. The Balaban J connectivity index is 1.30. The van der Waals surface area contributed by atoms with Crippen LogP contribution in [-0.4, -0.2) is 36.1 Å². The van der Waals surface area contributed by atoms with E-state index >= 15 is 0 Å². The van der Waals surface area contributed by atoms with Gasteiger partial charge in [0.1, 0.15) is 5.75 Å². The van der Waals surface area contributed by atoms with Gasteiger partial charge < -0.3 is 15.0 Å². The number of aromatic amines is 1. The third kappa shape index (κ3) is 5.29. The van der Waals surface area contributed by atoms with Crippen molar-refractivity contribution in [2.75, 3.05) is 19.4 Å². The predicted octanol–water partition coefficient (Wildman–Crippen LogP) is 6.60. The van der Waals surface area contributed by atoms with E-state index in [-0.39, 0.29) is 11.7 Å². The standard InChI is InChI=1S/C31H26N2O3S/c1-36-23-17-15-21(16-18-23)28-30(26-13-7-8-14-27(26)33-28)37-20-19-32-31(35)25-12-6-5-11-24(25)29(34)22-9-3-2-4-10-22/h2-18,33H,19-20H2,1H3,(H,32,35). The highest BCUT2D eigenvalue weighted by Gasteiger charge is 2.18. The van der Waals surface area contributed by atoms with Crippen LogP contribution in [0.1, 0.15) is 26.3 Å². The Labute approximate surface area is 219 Å². The van der Waals surface area contributed by atoms with E-state index in [2.05, 4.69) is 22.4 Å². The molecule has 6 heteroatoms. The maximum Gasteiger partial charge on any atom is 0.252 e. The van der Waals surface area contributed by atoms with E-state index in [9.17, 15) is 9.59 Å². The third-order valence-electron chi connectivity index (χ3n) is 6.12. The molecule has 0 radical (unpaired) electrons. The summed E-state index contributed by atoms with van der Waals surface area (Å²) in [6, 6.07) is 32.1. The summed E-state index contributed by atoms with van der Waals surface area (Å²) in [6.07, 6.45) is 0. The summed E-state index contributed by atoms with van der Waals surface area (Å²) in [4.78, 5) is 30.7. The number of ether oxygens (including phenoxy) is 1. The smallest absolute Gasteiger partial charge is 0.252 e. The molecule has 2 N–H and O–H groups in total. The fourth-order valence-corrected chi connectivity index (χ4v) is 5.32. The van der Waals surface area contributed by atoms with E-state index < -0.39 is 0 Å². The van der Waals surface area contributed by atoms with Gasteiger partial charge in [-0.05, 0) is 42.0 Å². The van der Waals surface area contributed by atoms with Gasteiger partial charge in [0.2, 0.25) is 0 Å². The van der Waals surface area contributed by atoms with Crippen LogP contribution in [0.3, 0.4) is 0 Å². The van der Waals surface area contributed by atoms with E-state index in [4.69, 9.17) is 4.74 Å². The lowest BCUT2D eigenvalue weighted by Gasteiger charge is -2.10. The molecule has 0 fully saturated rings. The van der Waals surface area contributed by atoms with Gasteiger partial charge in [0.15, 0.2) is 5.78 Å². The molecule has 5 aromatic rings. The summed E-state index contributed by atoms with van der Waals surface area (Å²) >= 11 is 1.69. The van der Waals surface area contributed by atoms with E-state index in [1.165, 1.54) is 0 Å². The van der Waals surface area contributed by atoms with Crippen LogP contribution in [0.15, 0.2) is 108 Å². The van der Waals surface area contributed by atoms with Crippen LogP contribution in [0.5, 0.6) is 5.75 Å². The molecule has 5 nitrogen and oxygen atoms in total. The first-order valence-electron chi connectivity index (χ1n) is 12.0. The fourth-order valence-electron chi connectivity index (χ4n) is 4.26. The summed E-state index contributed by atoms with van der Waals surface area (Å²) in [5, 5.41) is 4.13. The number of carbonyl (C=O) groups excluding carboxylic acids is 2. The molecular weight excluding hydrogens is 480 g/mol. The maximum atomic E-state index is 13.0. The SMILES string of the molecule is COc1ccc(-c2[nH]c3ccccc3c2SCCNC(=O)c2ccccc2C(=O)c2ccccc2)cc1. The Morgan fingerprint density at radius 2 is 1.49 bits per heavy atom. The molecule has 0 aliphatic rings. The molecule has 0 spiro atoms. The summed E-state index contributed by atoms with van der Waals surface area (Å²) in [6.45, 7) is 0.457. The highest BCUT2D eigenvalue weighted by atomic mass is 32.2. The Hall–Kier alpha value is -4.29. The number of carbonyl (C=O) groups is 2. The molecule has 0 aliphatic carbocycles. The van der Waals surface area contributed by atoms with E-state index in [1.807, 2.05) is 54.6 Å². The van der Waals surface area contributed by atoms with Crippen molar-refractivity contribution in [2.24, 2.45) is 0 Å². The minimum absolute atomic E-state index is 0.163. The van der Waals surface area contributed by atoms with Crippen molar-refractivity contribution >= 4 is 34.4 Å². The van der Waals surface area contributed by atoms with Crippen molar-refractivity contribution < 1.29 is 14.3 Å². The van der Waals surface area contributed by atoms with Gasteiger partial charge in [0.25, 0.3) is 5.91 Å². The van der Waals surface area contributed by atoms with Crippen molar-refractivity contribution in [2.45, 2.75) is 4.90 Å². The predicted molar refractivity (Wildman–Crippen MR) is 150 cm³/mol. The van der Waals surface area contributed by atoms with Crippen molar-refractivity contribution in [1.29, 1.82) is 0 Å². The van der Waals surface area contributed by atoms with Crippen LogP contribution in [0.2, 0.25) is 0 Å². The number of rotatable bonds is 9. The Bertz CT molecular complexity index is 1540. The molecule has 0 saturated heterocycles. The molecule has 0 saturated carbocycles. The quantitative estimate of drug-likeness (QED) is 0.134. The van der Waals surface area contributed by atoms with Crippen LogP contribution >= 0.6 is 11.8 Å². The molecule has 37 heavy (non-hydrogen) atoms. The number of thioether (sulfide) groups is 1. The highest BCUT2D eigenvalue weighted by molar-refractivity contribution is 7.99. The lowest BCUT2D eigenvalue weighted by Crippen LogP contribution is -2.27. The topological polar surface area (TPSA) is 71.2 Å². The van der Waals surface area contributed by atoms with Gasteiger partial charge in [-0.2, -0.15) is 0 Å². The van der Waals surface area contributed by atoms with Gasteiger partial charge >= 0.3 is 0 Å². The molecule has 1 amide bonds. The summed E-state index contributed by atoms with van der Waals surface area (Å²) < 4.78 is 5.30. The first-order chi connectivity index (χ1) is 18.2. The minimum atomic E-state index is -0.255. The molecule has 1 heterocycles. The molecule has 1 aromatic heterocycles. The molecule has 5 rings (SSSR count). The van der Waals surface area contributed by atoms with Crippen LogP contribution in [0, 0.1) is 0 Å². The number of amides is 1. The minimum Gasteiger partial charge on any atom is -0.497 e. The Morgan fingerprint density at radius 1 is 0.811 bits per heavy atom. The second-order valence-electron chi connectivity index (χ2n) is 8.45. The monoisotopic (exact) mass is 506 g/mol. The molecule has 0 aliphatic heterocycles. The number of hydrogen-bond donors (Lipinski definition) is 2. The number of methoxy groups -OCH3 is 1. The summed E-state index contributed by atoms with van der Waals surface area (Å²) in [5.41, 5.74) is 4.51. The number of fused-ring (bicyclic) bond motifs is 1. The van der Waals surface area contributed by atoms with Crippen LogP contribution in [0.25, 0.3) is 22.2 Å². The normalized spacial score (nSPS) is 10.8. The zero-order valence-corrected chi connectivity index (χ0v) is 21.2. The van der Waals surface area contributed by atoms with Crippen LogP contribution in [-0.2, 0) is 0 Å². The molecular formula is C31H26N2O3S. The van der Waals surface area contributed by atoms with Gasteiger partial charge in [-0.1, -0.05) is 66.7 Å². The van der Waals surface area contributed by atoms with E-state index in [0.717, 1.165) is 32.8 Å². The number of para-hydroxylation sites is 1. The first-order valence-corrected chi connectivity index (χ1v) is 13.0. The number of benzene rings is 4. The Morgan fingerprint density at radius 3 is 2.24 bits per heavy atom.